The Bertz CT molecular complexity index is 270. The fourth-order valence-corrected chi connectivity index (χ4v) is 1.33. The van der Waals surface area contributed by atoms with Crippen molar-refractivity contribution in [3.05, 3.63) is 47.6 Å². The highest BCUT2D eigenvalue weighted by Gasteiger charge is 1.93. The first-order valence-electron chi connectivity index (χ1n) is 5.07. The van der Waals surface area contributed by atoms with Crippen LogP contribution in [-0.4, -0.2) is 0 Å². The molecule has 0 aliphatic heterocycles. The van der Waals surface area contributed by atoms with E-state index in [-0.39, 0.29) is 0 Å². The molecule has 0 radical (unpaired) electrons. The van der Waals surface area contributed by atoms with Gasteiger partial charge in [0.05, 0.1) is 0 Å². The molecule has 0 aliphatic rings. The lowest BCUT2D eigenvalue weighted by Gasteiger charge is -2.02. The van der Waals surface area contributed by atoms with E-state index < -0.39 is 0 Å². The molecule has 14 heavy (non-hydrogen) atoms. The van der Waals surface area contributed by atoms with Crippen molar-refractivity contribution in [2.45, 2.75) is 40.5 Å². The van der Waals surface area contributed by atoms with Gasteiger partial charge < -0.3 is 0 Å². The van der Waals surface area contributed by atoms with Crippen LogP contribution in [0.25, 0.3) is 0 Å². The van der Waals surface area contributed by atoms with E-state index in [9.17, 15) is 0 Å². The van der Waals surface area contributed by atoms with Crippen LogP contribution in [0, 0.1) is 0 Å². The zero-order chi connectivity index (χ0) is 11.1. The Morgan fingerprint density at radius 3 is 1.93 bits per heavy atom. The van der Waals surface area contributed by atoms with Gasteiger partial charge in [0.1, 0.15) is 0 Å². The summed E-state index contributed by atoms with van der Waals surface area (Å²) in [6.07, 6.45) is 6.40. The van der Waals surface area contributed by atoms with Crippen molar-refractivity contribution in [2.75, 3.05) is 0 Å². The second-order valence-electron chi connectivity index (χ2n) is 4.22. The average molecular weight is 190 g/mol. The second-order valence-corrected chi connectivity index (χ2v) is 4.22. The molecule has 0 saturated carbocycles. The van der Waals surface area contributed by atoms with Gasteiger partial charge in [-0.3, -0.25) is 0 Å². The second kappa shape index (κ2) is 6.42. The van der Waals surface area contributed by atoms with Crippen molar-refractivity contribution in [3.8, 4) is 0 Å². The molecule has 0 N–H and O–H groups in total. The third-order valence-electron chi connectivity index (χ3n) is 1.83. The van der Waals surface area contributed by atoms with Crippen LogP contribution in [-0.2, 0) is 0 Å². The summed E-state index contributed by atoms with van der Waals surface area (Å²) in [6, 6.07) is 0. The predicted molar refractivity (Wildman–Crippen MR) is 66.4 cm³/mol. The maximum atomic E-state index is 4.02. The highest BCUT2D eigenvalue weighted by Crippen LogP contribution is 2.13. The first-order valence-corrected chi connectivity index (χ1v) is 5.07. The molecule has 0 aromatic carbocycles. The molecule has 0 atom stereocenters. The van der Waals surface area contributed by atoms with Gasteiger partial charge in [-0.05, 0) is 40.5 Å². The molecule has 0 nitrogen and oxygen atoms in total. The molecule has 0 amide bonds. The van der Waals surface area contributed by atoms with E-state index in [1.165, 1.54) is 16.7 Å². The third kappa shape index (κ3) is 7.60. The molecule has 0 spiro atoms. The summed E-state index contributed by atoms with van der Waals surface area (Å²) in [6.45, 7) is 16.2. The van der Waals surface area contributed by atoms with Gasteiger partial charge in [0.25, 0.3) is 0 Å². The molecule has 0 saturated heterocycles. The van der Waals surface area contributed by atoms with Crippen LogP contribution in [0.5, 0.6) is 0 Å². The Balaban J connectivity index is 4.01. The molecule has 0 heterocycles. The maximum absolute atomic E-state index is 4.02. The highest BCUT2D eigenvalue weighted by atomic mass is 14.0. The summed E-state index contributed by atoms with van der Waals surface area (Å²) in [5, 5.41) is 0. The minimum Gasteiger partial charge on any atom is -0.0961 e. The average Bonchev–Trinajstić information content (AvgIpc) is 1.98. The van der Waals surface area contributed by atoms with Gasteiger partial charge in [0, 0.05) is 0 Å². The van der Waals surface area contributed by atoms with E-state index >= 15 is 0 Å². The Morgan fingerprint density at radius 1 is 0.929 bits per heavy atom. The zero-order valence-electron chi connectivity index (χ0n) is 9.98. The topological polar surface area (TPSA) is 0 Å². The molecule has 0 heteroatoms. The summed E-state index contributed by atoms with van der Waals surface area (Å²) in [7, 11) is 0. The van der Waals surface area contributed by atoms with Crippen LogP contribution in [0.1, 0.15) is 40.5 Å². The monoisotopic (exact) mass is 190 g/mol. The minimum absolute atomic E-state index is 1.04. The van der Waals surface area contributed by atoms with Crippen LogP contribution in [0.15, 0.2) is 47.6 Å². The number of hydrogen-bond donors (Lipinski definition) is 0. The Morgan fingerprint density at radius 2 is 1.50 bits per heavy atom. The number of rotatable bonds is 5. The zero-order valence-corrected chi connectivity index (χ0v) is 9.98. The SMILES string of the molecule is C=C(C)C=C(C)CCC(=C)C=C(C)C. The summed E-state index contributed by atoms with van der Waals surface area (Å²) >= 11 is 0. The normalized spacial score (nSPS) is 11.0. The summed E-state index contributed by atoms with van der Waals surface area (Å²) in [5.74, 6) is 0. The molecular weight excluding hydrogens is 168 g/mol. The maximum Gasteiger partial charge on any atom is -0.0247 e. The summed E-state index contributed by atoms with van der Waals surface area (Å²) < 4.78 is 0. The van der Waals surface area contributed by atoms with E-state index in [0.29, 0.717) is 0 Å². The quantitative estimate of drug-likeness (QED) is 0.546. The van der Waals surface area contributed by atoms with E-state index in [4.69, 9.17) is 0 Å². The van der Waals surface area contributed by atoms with Crippen molar-refractivity contribution in [1.29, 1.82) is 0 Å². The van der Waals surface area contributed by atoms with Crippen LogP contribution in [0.3, 0.4) is 0 Å². The molecular formula is C14H22. The molecule has 0 unspecified atom stereocenters. The fourth-order valence-electron chi connectivity index (χ4n) is 1.33. The lowest BCUT2D eigenvalue weighted by molar-refractivity contribution is 0.944. The fraction of sp³-hybridized carbons (Fsp3) is 0.429. The van der Waals surface area contributed by atoms with E-state index in [1.54, 1.807) is 0 Å². The lowest BCUT2D eigenvalue weighted by atomic mass is 10.0. The molecule has 0 fully saturated rings. The van der Waals surface area contributed by atoms with Crippen LogP contribution in [0.4, 0.5) is 0 Å². The van der Waals surface area contributed by atoms with Crippen molar-refractivity contribution >= 4 is 0 Å². The molecule has 0 aliphatic carbocycles. The molecule has 0 aromatic heterocycles. The van der Waals surface area contributed by atoms with Crippen LogP contribution >= 0.6 is 0 Å². The molecule has 0 rings (SSSR count). The molecule has 78 valence electrons. The highest BCUT2D eigenvalue weighted by molar-refractivity contribution is 5.22. The van der Waals surface area contributed by atoms with Gasteiger partial charge in [0.15, 0.2) is 0 Å². The molecule has 0 bridgehead atoms. The Labute approximate surface area is 88.7 Å². The largest absolute Gasteiger partial charge is 0.0961 e. The van der Waals surface area contributed by atoms with E-state index in [0.717, 1.165) is 18.4 Å². The number of allylic oxidation sites excluding steroid dienone is 6. The van der Waals surface area contributed by atoms with Crippen LogP contribution < -0.4 is 0 Å². The third-order valence-corrected chi connectivity index (χ3v) is 1.83. The van der Waals surface area contributed by atoms with Crippen LogP contribution in [0.2, 0.25) is 0 Å². The van der Waals surface area contributed by atoms with Gasteiger partial charge in [-0.15, -0.1) is 0 Å². The van der Waals surface area contributed by atoms with Gasteiger partial charge in [-0.25, -0.2) is 0 Å². The standard InChI is InChI=1S/C14H22/c1-11(2)9-13(5)7-8-14(6)10-12(3)4/h9-10H,1,6-8H2,2-5H3. The lowest BCUT2D eigenvalue weighted by Crippen LogP contribution is -1.82. The number of hydrogen-bond acceptors (Lipinski definition) is 0. The van der Waals surface area contributed by atoms with Gasteiger partial charge >= 0.3 is 0 Å². The van der Waals surface area contributed by atoms with Gasteiger partial charge in [-0.2, -0.15) is 0 Å². The van der Waals surface area contributed by atoms with Crippen molar-refractivity contribution in [2.24, 2.45) is 0 Å². The first-order chi connectivity index (χ1) is 6.41. The van der Waals surface area contributed by atoms with Gasteiger partial charge in [0.2, 0.25) is 0 Å². The molecule has 0 aromatic rings. The minimum atomic E-state index is 1.04. The first kappa shape index (κ1) is 13.0. The Hall–Kier alpha value is -1.04. The van der Waals surface area contributed by atoms with Crippen molar-refractivity contribution < 1.29 is 0 Å². The van der Waals surface area contributed by atoms with Crippen molar-refractivity contribution in [3.63, 3.8) is 0 Å². The van der Waals surface area contributed by atoms with E-state index in [1.807, 2.05) is 6.92 Å². The Kier molecular flexibility index (Phi) is 5.94. The van der Waals surface area contributed by atoms with E-state index in [2.05, 4.69) is 46.1 Å². The summed E-state index contributed by atoms with van der Waals surface area (Å²) in [5.41, 5.74) is 5.02. The smallest absolute Gasteiger partial charge is 0.0247 e. The van der Waals surface area contributed by atoms with Crippen molar-refractivity contribution in [1.82, 2.24) is 0 Å². The predicted octanol–water partition coefficient (Wildman–Crippen LogP) is 4.81. The van der Waals surface area contributed by atoms with Gasteiger partial charge in [-0.1, -0.05) is 47.6 Å². The summed E-state index contributed by atoms with van der Waals surface area (Å²) in [4.78, 5) is 0.